The van der Waals surface area contributed by atoms with E-state index in [0.29, 0.717) is 22.0 Å². The first-order valence-corrected chi connectivity index (χ1v) is 9.69. The van der Waals surface area contributed by atoms with E-state index in [4.69, 9.17) is 4.42 Å². The van der Waals surface area contributed by atoms with Crippen LogP contribution in [0.3, 0.4) is 0 Å². The number of nitrogens with zero attached hydrogens (tertiary/aromatic N) is 2. The van der Waals surface area contributed by atoms with Crippen molar-refractivity contribution in [3.8, 4) is 11.3 Å². The van der Waals surface area contributed by atoms with Gasteiger partial charge in [-0.1, -0.05) is 12.1 Å². The summed E-state index contributed by atoms with van der Waals surface area (Å²) in [6.07, 6.45) is 1.54. The number of hydrogen-bond acceptors (Lipinski definition) is 7. The number of nitro benzene ring substituents is 1. The fourth-order valence-corrected chi connectivity index (χ4v) is 3.62. The lowest BCUT2D eigenvalue weighted by molar-refractivity contribution is -0.384. The van der Waals surface area contributed by atoms with Crippen molar-refractivity contribution in [1.29, 1.82) is 0 Å². The number of hydrogen-bond donors (Lipinski definition) is 2. The zero-order chi connectivity index (χ0) is 22.0. The van der Waals surface area contributed by atoms with Gasteiger partial charge in [0.15, 0.2) is 5.17 Å². The molecule has 2 heterocycles. The summed E-state index contributed by atoms with van der Waals surface area (Å²) in [7, 11) is 0. The molecule has 1 aromatic heterocycles. The van der Waals surface area contributed by atoms with E-state index in [0.717, 1.165) is 11.8 Å². The molecule has 0 atom stereocenters. The standard InChI is InChI=1S/C21H13N3O6S/c25-19-18(31-21(23-19)22-16-4-2-1-3-15(16)20(26)27)11-14-9-10-17(30-14)12-5-7-13(8-6-12)24(28)29/h1-11H,(H,26,27)(H,22,23,25). The second-order valence-electron chi connectivity index (χ2n) is 6.31. The molecule has 10 heteroatoms. The minimum Gasteiger partial charge on any atom is -0.478 e. The van der Waals surface area contributed by atoms with E-state index >= 15 is 0 Å². The van der Waals surface area contributed by atoms with E-state index in [1.54, 1.807) is 48.5 Å². The number of carbonyl (C=O) groups is 2. The van der Waals surface area contributed by atoms with Crippen LogP contribution in [0.1, 0.15) is 16.1 Å². The van der Waals surface area contributed by atoms with Crippen LogP contribution in [-0.2, 0) is 4.79 Å². The maximum Gasteiger partial charge on any atom is 0.337 e. The van der Waals surface area contributed by atoms with E-state index in [1.807, 2.05) is 0 Å². The highest BCUT2D eigenvalue weighted by Gasteiger charge is 2.25. The van der Waals surface area contributed by atoms with Gasteiger partial charge in [0.1, 0.15) is 11.5 Å². The number of carboxylic acid groups (broad SMARTS) is 1. The van der Waals surface area contributed by atoms with E-state index in [2.05, 4.69) is 10.3 Å². The number of furan rings is 1. The SMILES string of the molecule is O=C1NC(=Nc2ccccc2C(=O)O)SC1=Cc1ccc(-c2ccc([N+](=O)[O-])cc2)o1. The number of nitro groups is 1. The predicted molar refractivity (Wildman–Crippen MR) is 115 cm³/mol. The summed E-state index contributed by atoms with van der Waals surface area (Å²) in [5.74, 6) is -0.586. The molecule has 0 aliphatic carbocycles. The van der Waals surface area contributed by atoms with Gasteiger partial charge in [0, 0.05) is 23.8 Å². The number of benzene rings is 2. The van der Waals surface area contributed by atoms with Crippen LogP contribution in [0, 0.1) is 10.1 Å². The Balaban J connectivity index is 1.55. The summed E-state index contributed by atoms with van der Waals surface area (Å²) >= 11 is 1.06. The highest BCUT2D eigenvalue weighted by Crippen LogP contribution is 2.31. The third kappa shape index (κ3) is 4.38. The number of carbonyl (C=O) groups excluding carboxylic acids is 1. The Morgan fingerprint density at radius 2 is 1.87 bits per heavy atom. The molecule has 2 aromatic carbocycles. The molecule has 154 valence electrons. The molecular weight excluding hydrogens is 422 g/mol. The quantitative estimate of drug-likeness (QED) is 0.343. The zero-order valence-corrected chi connectivity index (χ0v) is 16.5. The number of nitrogens with one attached hydrogen (secondary N) is 1. The van der Waals surface area contributed by atoms with Gasteiger partial charge in [-0.3, -0.25) is 14.9 Å². The Morgan fingerprint density at radius 3 is 2.58 bits per heavy atom. The highest BCUT2D eigenvalue weighted by molar-refractivity contribution is 8.18. The maximum atomic E-state index is 12.3. The number of amides is 1. The number of aromatic carboxylic acids is 1. The third-order valence-corrected chi connectivity index (χ3v) is 5.18. The van der Waals surface area contributed by atoms with Gasteiger partial charge in [0.05, 0.1) is 21.1 Å². The molecule has 1 amide bonds. The van der Waals surface area contributed by atoms with Crippen LogP contribution in [0.25, 0.3) is 17.4 Å². The fourth-order valence-electron chi connectivity index (χ4n) is 2.80. The highest BCUT2D eigenvalue weighted by atomic mass is 32.2. The molecule has 3 aromatic rings. The Morgan fingerprint density at radius 1 is 1.13 bits per heavy atom. The molecular formula is C21H13N3O6S. The summed E-state index contributed by atoms with van der Waals surface area (Å²) in [4.78, 5) is 38.4. The van der Waals surface area contributed by atoms with E-state index < -0.39 is 10.9 Å². The summed E-state index contributed by atoms with van der Waals surface area (Å²) in [6.45, 7) is 0. The van der Waals surface area contributed by atoms with Gasteiger partial charge in [0.25, 0.3) is 11.6 Å². The van der Waals surface area contributed by atoms with Crippen molar-refractivity contribution in [1.82, 2.24) is 5.32 Å². The number of carboxylic acids is 1. The van der Waals surface area contributed by atoms with Crippen molar-refractivity contribution >= 4 is 46.3 Å². The van der Waals surface area contributed by atoms with Crippen molar-refractivity contribution in [3.05, 3.63) is 87.0 Å². The van der Waals surface area contributed by atoms with E-state index in [9.17, 15) is 24.8 Å². The molecule has 1 fully saturated rings. The molecule has 0 spiro atoms. The lowest BCUT2D eigenvalue weighted by Gasteiger charge is -2.00. The molecule has 1 saturated heterocycles. The lowest BCUT2D eigenvalue weighted by Crippen LogP contribution is -2.19. The van der Waals surface area contributed by atoms with E-state index in [-0.39, 0.29) is 28.0 Å². The van der Waals surface area contributed by atoms with Gasteiger partial charge in [-0.05, 0) is 48.2 Å². The lowest BCUT2D eigenvalue weighted by atomic mass is 10.1. The Bertz CT molecular complexity index is 1260. The molecule has 4 rings (SSSR count). The van der Waals surface area contributed by atoms with Gasteiger partial charge >= 0.3 is 5.97 Å². The van der Waals surface area contributed by atoms with Crippen LogP contribution in [0.5, 0.6) is 0 Å². The molecule has 0 unspecified atom stereocenters. The van der Waals surface area contributed by atoms with Crippen LogP contribution in [0.15, 0.2) is 75.0 Å². The van der Waals surface area contributed by atoms with Crippen molar-refractivity contribution in [2.24, 2.45) is 4.99 Å². The first-order chi connectivity index (χ1) is 14.9. The second kappa shape index (κ2) is 8.28. The number of thioether (sulfide) groups is 1. The monoisotopic (exact) mass is 435 g/mol. The van der Waals surface area contributed by atoms with Crippen LogP contribution in [0.4, 0.5) is 11.4 Å². The topological polar surface area (TPSA) is 135 Å². The molecule has 0 bridgehead atoms. The van der Waals surface area contributed by atoms with Crippen LogP contribution >= 0.6 is 11.8 Å². The molecule has 1 aliphatic rings. The summed E-state index contributed by atoms with van der Waals surface area (Å²) < 4.78 is 5.73. The van der Waals surface area contributed by atoms with Crippen molar-refractivity contribution in [2.75, 3.05) is 0 Å². The van der Waals surface area contributed by atoms with Gasteiger partial charge < -0.3 is 14.8 Å². The van der Waals surface area contributed by atoms with Gasteiger partial charge in [-0.25, -0.2) is 9.79 Å². The second-order valence-corrected chi connectivity index (χ2v) is 7.34. The molecule has 9 nitrogen and oxygen atoms in total. The Labute approximate surface area is 179 Å². The maximum absolute atomic E-state index is 12.3. The summed E-state index contributed by atoms with van der Waals surface area (Å²) in [5, 5.41) is 22.9. The average Bonchev–Trinajstić information content (AvgIpc) is 3.35. The van der Waals surface area contributed by atoms with Crippen LogP contribution in [-0.4, -0.2) is 27.1 Å². The number of rotatable bonds is 5. The zero-order valence-electron chi connectivity index (χ0n) is 15.6. The minimum atomic E-state index is -1.11. The van der Waals surface area contributed by atoms with Gasteiger partial charge in [-0.2, -0.15) is 0 Å². The van der Waals surface area contributed by atoms with Crippen molar-refractivity contribution in [2.45, 2.75) is 0 Å². The molecule has 31 heavy (non-hydrogen) atoms. The van der Waals surface area contributed by atoms with Crippen molar-refractivity contribution in [3.63, 3.8) is 0 Å². The largest absolute Gasteiger partial charge is 0.478 e. The fraction of sp³-hybridized carbons (Fsp3) is 0. The summed E-state index contributed by atoms with van der Waals surface area (Å²) in [6, 6.07) is 15.5. The third-order valence-electron chi connectivity index (χ3n) is 4.27. The minimum absolute atomic E-state index is 0.0204. The normalized spacial score (nSPS) is 15.9. The van der Waals surface area contributed by atoms with Crippen LogP contribution in [0.2, 0.25) is 0 Å². The smallest absolute Gasteiger partial charge is 0.337 e. The van der Waals surface area contributed by atoms with Crippen LogP contribution < -0.4 is 5.32 Å². The van der Waals surface area contributed by atoms with Gasteiger partial charge in [0.2, 0.25) is 0 Å². The Kier molecular flexibility index (Phi) is 5.37. The first kappa shape index (κ1) is 20.1. The number of amidine groups is 1. The Hall–Kier alpha value is -4.18. The average molecular weight is 435 g/mol. The van der Waals surface area contributed by atoms with Gasteiger partial charge in [-0.15, -0.1) is 0 Å². The predicted octanol–water partition coefficient (Wildman–Crippen LogP) is 4.44. The molecule has 0 saturated carbocycles. The number of para-hydroxylation sites is 1. The number of aliphatic imine (C=N–C) groups is 1. The number of non-ortho nitro benzene ring substituents is 1. The molecule has 1 aliphatic heterocycles. The van der Waals surface area contributed by atoms with E-state index in [1.165, 1.54) is 18.2 Å². The molecule has 0 radical (unpaired) electrons. The molecule has 2 N–H and O–H groups in total. The van der Waals surface area contributed by atoms with Crippen molar-refractivity contribution < 1.29 is 24.0 Å². The first-order valence-electron chi connectivity index (χ1n) is 8.87. The summed E-state index contributed by atoms with van der Waals surface area (Å²) in [5.41, 5.74) is 0.901.